The zero-order chi connectivity index (χ0) is 13.7. The van der Waals surface area contributed by atoms with Crippen molar-refractivity contribution < 1.29 is 4.74 Å². The van der Waals surface area contributed by atoms with Gasteiger partial charge >= 0.3 is 0 Å². The molecule has 0 aliphatic rings. The third-order valence-corrected chi connectivity index (χ3v) is 3.13. The van der Waals surface area contributed by atoms with Crippen molar-refractivity contribution in [2.45, 2.75) is 20.1 Å². The van der Waals surface area contributed by atoms with Gasteiger partial charge < -0.3 is 15.5 Å². The van der Waals surface area contributed by atoms with Crippen LogP contribution in [-0.4, -0.2) is 22.1 Å². The lowest BCUT2D eigenvalue weighted by atomic mass is 10.4. The molecule has 0 atom stereocenters. The summed E-state index contributed by atoms with van der Waals surface area (Å²) in [6.45, 7) is 2.92. The van der Waals surface area contributed by atoms with Crippen LogP contribution in [0.25, 0.3) is 0 Å². The van der Waals surface area contributed by atoms with Crippen LogP contribution in [0.5, 0.6) is 0 Å². The lowest BCUT2D eigenvalue weighted by molar-refractivity contribution is 0.178. The van der Waals surface area contributed by atoms with Crippen molar-refractivity contribution in [2.75, 3.05) is 17.9 Å². The van der Waals surface area contributed by atoms with Crippen molar-refractivity contribution in [3.8, 4) is 0 Å². The van der Waals surface area contributed by atoms with Crippen LogP contribution in [0.3, 0.4) is 0 Å². The van der Waals surface area contributed by atoms with Gasteiger partial charge in [0.1, 0.15) is 18.2 Å². The van der Waals surface area contributed by atoms with E-state index in [1.54, 1.807) is 24.5 Å². The number of nitrogens with zero attached hydrogens (tertiary/aromatic N) is 3. The number of thiazole rings is 1. The van der Waals surface area contributed by atoms with Crippen molar-refractivity contribution >= 4 is 23.0 Å². The third-order valence-electron chi connectivity index (χ3n) is 2.31. The maximum absolute atomic E-state index is 5.37. The van der Waals surface area contributed by atoms with Crippen LogP contribution < -0.4 is 16.6 Å². The summed E-state index contributed by atoms with van der Waals surface area (Å²) in [5.74, 6) is 7.16. The number of ether oxygens (including phenoxy) is 1. The van der Waals surface area contributed by atoms with E-state index in [2.05, 4.69) is 25.7 Å². The van der Waals surface area contributed by atoms with Gasteiger partial charge in [-0.2, -0.15) is 0 Å². The summed E-state index contributed by atoms with van der Waals surface area (Å²) in [4.78, 5) is 12.9. The Morgan fingerprint density at radius 2 is 2.11 bits per heavy atom. The molecular weight excluding hydrogens is 264 g/mol. The van der Waals surface area contributed by atoms with Gasteiger partial charge in [0, 0.05) is 18.6 Å². The molecule has 0 unspecified atom stereocenters. The Balaban J connectivity index is 2.08. The van der Waals surface area contributed by atoms with E-state index in [4.69, 9.17) is 10.6 Å². The van der Waals surface area contributed by atoms with Crippen LogP contribution in [0.2, 0.25) is 0 Å². The van der Waals surface area contributed by atoms with Crippen molar-refractivity contribution in [2.24, 2.45) is 5.84 Å². The number of nitrogen functional groups attached to an aromatic ring is 1. The molecule has 0 aromatic carbocycles. The van der Waals surface area contributed by atoms with E-state index in [0.717, 1.165) is 10.7 Å². The first-order valence-electron chi connectivity index (χ1n) is 5.69. The van der Waals surface area contributed by atoms with Crippen LogP contribution in [-0.2, 0) is 17.9 Å². The van der Waals surface area contributed by atoms with Crippen LogP contribution in [0, 0.1) is 6.92 Å². The molecule has 0 saturated heterocycles. The van der Waals surface area contributed by atoms with Crippen LogP contribution in [0.15, 0.2) is 11.4 Å². The number of hydrazine groups is 1. The molecule has 0 bridgehead atoms. The summed E-state index contributed by atoms with van der Waals surface area (Å²) in [5.41, 5.74) is 3.49. The van der Waals surface area contributed by atoms with E-state index < -0.39 is 0 Å². The number of nitrogens with two attached hydrogens (primary N) is 1. The van der Waals surface area contributed by atoms with Gasteiger partial charge in [0.05, 0.1) is 17.2 Å². The monoisotopic (exact) mass is 280 g/mol. The molecule has 0 amide bonds. The predicted octanol–water partition coefficient (Wildman–Crippen LogP) is 1.29. The molecule has 0 aliphatic carbocycles. The maximum Gasteiger partial charge on any atom is 0.158 e. The Morgan fingerprint density at radius 1 is 1.32 bits per heavy atom. The van der Waals surface area contributed by atoms with E-state index in [1.807, 2.05) is 12.3 Å². The zero-order valence-electron chi connectivity index (χ0n) is 10.8. The second-order valence-corrected chi connectivity index (χ2v) is 4.91. The van der Waals surface area contributed by atoms with E-state index >= 15 is 0 Å². The largest absolute Gasteiger partial charge is 0.377 e. The highest BCUT2D eigenvalue weighted by atomic mass is 32.1. The van der Waals surface area contributed by atoms with Crippen molar-refractivity contribution in [3.63, 3.8) is 0 Å². The number of methoxy groups -OCH3 is 1. The van der Waals surface area contributed by atoms with E-state index in [1.165, 1.54) is 0 Å². The second-order valence-electron chi connectivity index (χ2n) is 3.84. The van der Waals surface area contributed by atoms with Gasteiger partial charge in [0.2, 0.25) is 0 Å². The molecule has 2 heterocycles. The molecule has 0 spiro atoms. The summed E-state index contributed by atoms with van der Waals surface area (Å²) < 4.78 is 5.02. The van der Waals surface area contributed by atoms with Crippen molar-refractivity contribution in [1.29, 1.82) is 0 Å². The molecule has 7 nitrogen and oxygen atoms in total. The average Bonchev–Trinajstić information content (AvgIpc) is 2.82. The van der Waals surface area contributed by atoms with Crippen LogP contribution in [0.1, 0.15) is 16.5 Å². The van der Waals surface area contributed by atoms with Gasteiger partial charge in [-0.3, -0.25) is 0 Å². The fourth-order valence-corrected chi connectivity index (χ4v) is 2.14. The van der Waals surface area contributed by atoms with Gasteiger partial charge in [0.15, 0.2) is 5.82 Å². The molecule has 2 rings (SSSR count). The molecule has 8 heteroatoms. The van der Waals surface area contributed by atoms with Crippen molar-refractivity contribution in [1.82, 2.24) is 15.0 Å². The van der Waals surface area contributed by atoms with Crippen molar-refractivity contribution in [3.05, 3.63) is 28.0 Å². The average molecular weight is 280 g/mol. The predicted molar refractivity (Wildman–Crippen MR) is 74.7 cm³/mol. The molecule has 2 aromatic rings. The molecule has 19 heavy (non-hydrogen) atoms. The SMILES string of the molecule is COCc1nc(NN)cc(NCc2csc(C)n2)n1. The first kappa shape index (κ1) is 13.7. The Morgan fingerprint density at radius 3 is 2.74 bits per heavy atom. The minimum absolute atomic E-state index is 0.333. The molecule has 4 N–H and O–H groups in total. The molecule has 2 aromatic heterocycles. The van der Waals surface area contributed by atoms with E-state index in [0.29, 0.717) is 30.6 Å². The number of hydrogen-bond acceptors (Lipinski definition) is 8. The quantitative estimate of drug-likeness (QED) is 0.541. The summed E-state index contributed by atoms with van der Waals surface area (Å²) in [6.07, 6.45) is 0. The van der Waals surface area contributed by atoms with E-state index in [9.17, 15) is 0 Å². The molecule has 102 valence electrons. The number of aryl methyl sites for hydroxylation is 1. The lowest BCUT2D eigenvalue weighted by Crippen LogP contribution is -2.12. The van der Waals surface area contributed by atoms with E-state index in [-0.39, 0.29) is 0 Å². The number of hydrogen-bond donors (Lipinski definition) is 3. The Hall–Kier alpha value is -1.77. The van der Waals surface area contributed by atoms with Gasteiger partial charge in [-0.1, -0.05) is 0 Å². The Bertz CT molecular complexity index is 544. The summed E-state index contributed by atoms with van der Waals surface area (Å²) in [6, 6.07) is 1.73. The fourth-order valence-electron chi connectivity index (χ4n) is 1.53. The first-order chi connectivity index (χ1) is 9.21. The summed E-state index contributed by atoms with van der Waals surface area (Å²) in [7, 11) is 1.59. The zero-order valence-corrected chi connectivity index (χ0v) is 11.6. The van der Waals surface area contributed by atoms with Gasteiger partial charge in [0.25, 0.3) is 0 Å². The number of rotatable bonds is 6. The molecule has 0 aliphatic heterocycles. The normalized spacial score (nSPS) is 10.5. The molecule has 0 radical (unpaired) electrons. The minimum Gasteiger partial charge on any atom is -0.377 e. The smallest absolute Gasteiger partial charge is 0.158 e. The summed E-state index contributed by atoms with van der Waals surface area (Å²) >= 11 is 1.62. The highest BCUT2D eigenvalue weighted by Gasteiger charge is 2.05. The van der Waals surface area contributed by atoms with Gasteiger partial charge in [-0.15, -0.1) is 11.3 Å². The van der Waals surface area contributed by atoms with Crippen LogP contribution >= 0.6 is 11.3 Å². The highest BCUT2D eigenvalue weighted by molar-refractivity contribution is 7.09. The lowest BCUT2D eigenvalue weighted by Gasteiger charge is -2.08. The Labute approximate surface area is 115 Å². The maximum atomic E-state index is 5.37. The van der Waals surface area contributed by atoms with Gasteiger partial charge in [-0.25, -0.2) is 20.8 Å². The second kappa shape index (κ2) is 6.41. The summed E-state index contributed by atoms with van der Waals surface area (Å²) in [5, 5.41) is 6.25. The first-order valence-corrected chi connectivity index (χ1v) is 6.57. The fraction of sp³-hybridized carbons (Fsp3) is 0.364. The molecule has 0 fully saturated rings. The highest BCUT2D eigenvalue weighted by Crippen LogP contribution is 2.13. The molecular formula is C11H16N6OS. The number of aromatic nitrogens is 3. The van der Waals surface area contributed by atoms with Gasteiger partial charge in [-0.05, 0) is 6.92 Å². The Kier molecular flexibility index (Phi) is 4.61. The third kappa shape index (κ3) is 3.85. The standard InChI is InChI=1S/C11H16N6OS/c1-7-14-8(6-19-7)4-13-9-3-10(17-12)16-11(15-9)5-18-2/h3,6H,4-5,12H2,1-2H3,(H2,13,15,16,17). The number of anilines is 2. The topological polar surface area (TPSA) is 98.0 Å². The number of nitrogens with one attached hydrogen (secondary N) is 2. The minimum atomic E-state index is 0.333. The van der Waals surface area contributed by atoms with Crippen LogP contribution in [0.4, 0.5) is 11.6 Å². The molecule has 0 saturated carbocycles.